The molecule has 0 aromatic carbocycles. The van der Waals surface area contributed by atoms with E-state index >= 15 is 0 Å². The van der Waals surface area contributed by atoms with E-state index in [4.69, 9.17) is 20.4 Å². The molecule has 0 heterocycles. The van der Waals surface area contributed by atoms with E-state index in [0.29, 0.717) is 0 Å². The molecule has 0 aromatic heterocycles. The molecule has 10 nitrogen and oxygen atoms in total. The summed E-state index contributed by atoms with van der Waals surface area (Å²) in [5.41, 5.74) is -2.74. The zero-order valence-electron chi connectivity index (χ0n) is 8.90. The van der Waals surface area contributed by atoms with E-state index < -0.39 is 36.4 Å². The number of carboxylic acid groups (broad SMARTS) is 3. The third-order valence-electron chi connectivity index (χ3n) is 1.29. The number of aliphatic hydroxyl groups is 1. The molecule has 0 aliphatic heterocycles. The SMILES string of the molecule is N.N.N.O=C(O)CC(O)(CC(=O)O)C(=O)O.[Fe]. The van der Waals surface area contributed by atoms with Crippen molar-refractivity contribution >= 4 is 17.9 Å². The van der Waals surface area contributed by atoms with Crippen molar-refractivity contribution in [2.24, 2.45) is 0 Å². The van der Waals surface area contributed by atoms with Gasteiger partial charge in [0.1, 0.15) is 0 Å². The van der Waals surface area contributed by atoms with Crippen LogP contribution in [0.5, 0.6) is 0 Å². The first-order valence-corrected chi connectivity index (χ1v) is 3.17. The van der Waals surface area contributed by atoms with Gasteiger partial charge in [-0.15, -0.1) is 0 Å². The predicted molar refractivity (Wildman–Crippen MR) is 52.2 cm³/mol. The van der Waals surface area contributed by atoms with E-state index in [1.54, 1.807) is 0 Å². The number of rotatable bonds is 5. The Hall–Kier alpha value is -1.23. The summed E-state index contributed by atoms with van der Waals surface area (Å²) in [6.45, 7) is 0. The molecule has 0 fully saturated rings. The summed E-state index contributed by atoms with van der Waals surface area (Å²) in [5, 5.41) is 33.8. The van der Waals surface area contributed by atoms with Gasteiger partial charge in [-0.2, -0.15) is 0 Å². The molecular formula is C6H17FeN3O7. The molecule has 0 aromatic rings. The molecule has 0 unspecified atom stereocenters. The molecule has 0 saturated carbocycles. The van der Waals surface area contributed by atoms with Gasteiger partial charge in [-0.25, -0.2) is 4.79 Å². The van der Waals surface area contributed by atoms with Crippen LogP contribution in [-0.4, -0.2) is 43.9 Å². The van der Waals surface area contributed by atoms with Crippen LogP contribution in [0, 0.1) is 0 Å². The molecule has 0 rings (SSSR count). The van der Waals surface area contributed by atoms with E-state index in [0.717, 1.165) is 0 Å². The molecule has 106 valence electrons. The fourth-order valence-corrected chi connectivity index (χ4v) is 0.714. The van der Waals surface area contributed by atoms with Crippen LogP contribution in [0.15, 0.2) is 0 Å². The van der Waals surface area contributed by atoms with Crippen molar-refractivity contribution in [3.8, 4) is 0 Å². The zero-order valence-corrected chi connectivity index (χ0v) is 10.0. The van der Waals surface area contributed by atoms with Crippen molar-refractivity contribution < 1.29 is 51.9 Å². The van der Waals surface area contributed by atoms with Crippen molar-refractivity contribution in [2.45, 2.75) is 18.4 Å². The second-order valence-electron chi connectivity index (χ2n) is 2.48. The molecule has 0 atom stereocenters. The summed E-state index contributed by atoms with van der Waals surface area (Å²) in [6.07, 6.45) is -2.29. The van der Waals surface area contributed by atoms with E-state index in [1.807, 2.05) is 0 Å². The Balaban J connectivity index is -0.000000120. The molecule has 0 aliphatic carbocycles. The number of carbonyl (C=O) groups is 3. The predicted octanol–water partition coefficient (Wildman–Crippen LogP) is -0.765. The van der Waals surface area contributed by atoms with E-state index in [2.05, 4.69) is 0 Å². The Morgan fingerprint density at radius 2 is 1.06 bits per heavy atom. The summed E-state index contributed by atoms with van der Waals surface area (Å²) in [4.78, 5) is 30.5. The van der Waals surface area contributed by atoms with Gasteiger partial charge in [0.15, 0.2) is 5.60 Å². The van der Waals surface area contributed by atoms with Crippen LogP contribution in [-0.2, 0) is 31.5 Å². The summed E-state index contributed by atoms with van der Waals surface area (Å²) in [6, 6.07) is 0. The fourth-order valence-electron chi connectivity index (χ4n) is 0.714. The average molecular weight is 299 g/mol. The van der Waals surface area contributed by atoms with Crippen molar-refractivity contribution in [3.05, 3.63) is 0 Å². The smallest absolute Gasteiger partial charge is 0.336 e. The monoisotopic (exact) mass is 299 g/mol. The first-order valence-electron chi connectivity index (χ1n) is 3.17. The van der Waals surface area contributed by atoms with Crippen molar-refractivity contribution in [1.29, 1.82) is 0 Å². The molecule has 0 amide bonds. The minimum atomic E-state index is -2.74. The second-order valence-corrected chi connectivity index (χ2v) is 2.48. The van der Waals surface area contributed by atoms with E-state index in [1.165, 1.54) is 0 Å². The minimum absolute atomic E-state index is 0. The molecule has 0 aliphatic rings. The molecule has 11 heteroatoms. The molecule has 0 saturated heterocycles. The van der Waals surface area contributed by atoms with Gasteiger partial charge in [0.2, 0.25) is 0 Å². The number of hydrogen-bond acceptors (Lipinski definition) is 7. The Morgan fingerprint density at radius 3 is 1.18 bits per heavy atom. The third-order valence-corrected chi connectivity index (χ3v) is 1.29. The van der Waals surface area contributed by atoms with Gasteiger partial charge in [-0.3, -0.25) is 9.59 Å². The molecule has 0 bridgehead atoms. The van der Waals surface area contributed by atoms with Crippen LogP contribution in [0.25, 0.3) is 0 Å². The molecule has 13 N–H and O–H groups in total. The maximum Gasteiger partial charge on any atom is 0.336 e. The van der Waals surface area contributed by atoms with Gasteiger partial charge in [0.05, 0.1) is 12.8 Å². The minimum Gasteiger partial charge on any atom is -0.481 e. The average Bonchev–Trinajstić information content (AvgIpc) is 1.82. The maximum absolute atomic E-state index is 10.3. The summed E-state index contributed by atoms with van der Waals surface area (Å²) in [7, 11) is 0. The second kappa shape index (κ2) is 11.3. The first-order chi connectivity index (χ1) is 5.78. The maximum atomic E-state index is 10.3. The van der Waals surface area contributed by atoms with Gasteiger partial charge < -0.3 is 38.9 Å². The van der Waals surface area contributed by atoms with Crippen molar-refractivity contribution in [3.63, 3.8) is 0 Å². The van der Waals surface area contributed by atoms with Gasteiger partial charge in [0, 0.05) is 17.1 Å². The summed E-state index contributed by atoms with van der Waals surface area (Å²) < 4.78 is 0. The Bertz CT molecular complexity index is 244. The van der Waals surface area contributed by atoms with Crippen LogP contribution in [0.4, 0.5) is 0 Å². The quantitative estimate of drug-likeness (QED) is 0.313. The number of hydrogen-bond donors (Lipinski definition) is 7. The largest absolute Gasteiger partial charge is 0.481 e. The molecule has 17 heavy (non-hydrogen) atoms. The van der Waals surface area contributed by atoms with Crippen LogP contribution in [0.2, 0.25) is 0 Å². The third kappa shape index (κ3) is 11.0. The summed E-state index contributed by atoms with van der Waals surface area (Å²) >= 11 is 0. The van der Waals surface area contributed by atoms with Gasteiger partial charge >= 0.3 is 17.9 Å². The van der Waals surface area contributed by atoms with E-state index in [9.17, 15) is 14.4 Å². The zero-order chi connectivity index (χ0) is 10.6. The Morgan fingerprint density at radius 1 is 0.824 bits per heavy atom. The van der Waals surface area contributed by atoms with Gasteiger partial charge in [-0.1, -0.05) is 0 Å². The van der Waals surface area contributed by atoms with Crippen molar-refractivity contribution in [2.75, 3.05) is 0 Å². The van der Waals surface area contributed by atoms with Gasteiger partial charge in [0.25, 0.3) is 0 Å². The summed E-state index contributed by atoms with van der Waals surface area (Å²) in [5.74, 6) is -5.02. The Kier molecular flexibility index (Phi) is 19.6. The normalized spacial score (nSPS) is 8.29. The van der Waals surface area contributed by atoms with Crippen LogP contribution < -0.4 is 18.5 Å². The standard InChI is InChI=1S/C6H8O7.Fe.3H3N/c7-3(8)1-6(13,5(11)12)2-4(9)10;;;;/h13H,1-2H2,(H,7,8)(H,9,10)(H,11,12);;3*1H3. The van der Waals surface area contributed by atoms with Crippen LogP contribution in [0.1, 0.15) is 12.8 Å². The molecule has 0 radical (unpaired) electrons. The fraction of sp³-hybridized carbons (Fsp3) is 0.500. The topological polar surface area (TPSA) is 237 Å². The number of aliphatic carboxylic acids is 3. The van der Waals surface area contributed by atoms with Crippen molar-refractivity contribution in [1.82, 2.24) is 18.5 Å². The number of carboxylic acids is 3. The molecule has 0 spiro atoms. The van der Waals surface area contributed by atoms with E-state index in [-0.39, 0.29) is 35.5 Å². The van der Waals surface area contributed by atoms with Gasteiger partial charge in [-0.05, 0) is 0 Å². The van der Waals surface area contributed by atoms with Crippen LogP contribution >= 0.6 is 0 Å². The van der Waals surface area contributed by atoms with Crippen LogP contribution in [0.3, 0.4) is 0 Å². The Labute approximate surface area is 107 Å². The first kappa shape index (κ1) is 29.7. The molecular weight excluding hydrogens is 282 g/mol.